The molecule has 1 unspecified atom stereocenters. The maximum atomic E-state index is 10.1. The molecule has 0 aliphatic heterocycles. The summed E-state index contributed by atoms with van der Waals surface area (Å²) in [7, 11) is 0. The van der Waals surface area contributed by atoms with Gasteiger partial charge in [-0.15, -0.1) is 0 Å². The van der Waals surface area contributed by atoms with Crippen LogP contribution in [-0.2, 0) is 12.1 Å². The molecule has 21 heavy (non-hydrogen) atoms. The summed E-state index contributed by atoms with van der Waals surface area (Å²) < 4.78 is 2.08. The van der Waals surface area contributed by atoms with Gasteiger partial charge in [0.15, 0.2) is 0 Å². The molecule has 0 bridgehead atoms. The molecule has 2 N–H and O–H groups in total. The molecular formula is C16H25N3OS. The Balaban J connectivity index is 1.99. The molecule has 0 aromatic carbocycles. The van der Waals surface area contributed by atoms with Crippen LogP contribution in [0.3, 0.4) is 0 Å². The number of nitrogens with one attached hydrogen (secondary N) is 1. The SMILES string of the molecule is Cc1nn(C(C)(C)C)c(C)c1CNCC(O)c1ccsc1. The first-order valence-corrected chi connectivity index (χ1v) is 8.21. The van der Waals surface area contributed by atoms with Crippen molar-refractivity contribution in [3.8, 4) is 0 Å². The summed E-state index contributed by atoms with van der Waals surface area (Å²) in [5.41, 5.74) is 4.44. The minimum Gasteiger partial charge on any atom is -0.387 e. The Hall–Kier alpha value is -1.17. The lowest BCUT2D eigenvalue weighted by Gasteiger charge is -2.21. The highest BCUT2D eigenvalue weighted by atomic mass is 32.1. The van der Waals surface area contributed by atoms with Crippen molar-refractivity contribution in [2.75, 3.05) is 6.54 Å². The lowest BCUT2D eigenvalue weighted by molar-refractivity contribution is 0.175. The standard InChI is InChI=1S/C16H25N3OS/c1-11-14(12(2)19(18-11)16(3,4)5)8-17-9-15(20)13-6-7-21-10-13/h6-7,10,15,17,20H,8-9H2,1-5H3. The molecule has 2 aromatic heterocycles. The minimum absolute atomic E-state index is 0.0106. The molecule has 0 saturated heterocycles. The van der Waals surface area contributed by atoms with Crippen LogP contribution in [-0.4, -0.2) is 21.4 Å². The largest absolute Gasteiger partial charge is 0.387 e. The lowest BCUT2D eigenvalue weighted by atomic mass is 10.1. The van der Waals surface area contributed by atoms with Gasteiger partial charge in [0.05, 0.1) is 17.3 Å². The Kier molecular flexibility index (Phi) is 4.86. The Morgan fingerprint density at radius 1 is 1.38 bits per heavy atom. The Labute approximate surface area is 130 Å². The van der Waals surface area contributed by atoms with Crippen molar-refractivity contribution >= 4 is 11.3 Å². The second-order valence-electron chi connectivity index (χ2n) is 6.44. The van der Waals surface area contributed by atoms with E-state index in [2.05, 4.69) is 42.8 Å². The van der Waals surface area contributed by atoms with E-state index in [-0.39, 0.29) is 5.54 Å². The fourth-order valence-electron chi connectivity index (χ4n) is 2.50. The third-order valence-electron chi connectivity index (χ3n) is 3.64. The van der Waals surface area contributed by atoms with Crippen LogP contribution in [0.1, 0.15) is 49.4 Å². The third kappa shape index (κ3) is 3.73. The first-order chi connectivity index (χ1) is 9.80. The van der Waals surface area contributed by atoms with Crippen LogP contribution in [0.5, 0.6) is 0 Å². The molecule has 4 nitrogen and oxygen atoms in total. The predicted molar refractivity (Wildman–Crippen MR) is 87.7 cm³/mol. The van der Waals surface area contributed by atoms with Gasteiger partial charge in [0.1, 0.15) is 0 Å². The van der Waals surface area contributed by atoms with Crippen molar-refractivity contribution in [2.24, 2.45) is 0 Å². The molecule has 1 atom stereocenters. The van der Waals surface area contributed by atoms with Gasteiger partial charge in [0.2, 0.25) is 0 Å². The normalized spacial score (nSPS) is 13.6. The van der Waals surface area contributed by atoms with Crippen LogP contribution in [0.25, 0.3) is 0 Å². The van der Waals surface area contributed by atoms with E-state index in [9.17, 15) is 5.11 Å². The van der Waals surface area contributed by atoms with Crippen LogP contribution in [0.2, 0.25) is 0 Å². The van der Waals surface area contributed by atoms with Crippen LogP contribution in [0.15, 0.2) is 16.8 Å². The molecule has 2 rings (SSSR count). The van der Waals surface area contributed by atoms with E-state index in [1.807, 2.05) is 23.8 Å². The lowest BCUT2D eigenvalue weighted by Crippen LogP contribution is -2.25. The molecule has 0 aliphatic rings. The summed E-state index contributed by atoms with van der Waals surface area (Å²) >= 11 is 1.61. The highest BCUT2D eigenvalue weighted by Crippen LogP contribution is 2.21. The zero-order valence-electron chi connectivity index (χ0n) is 13.5. The topological polar surface area (TPSA) is 50.1 Å². The van der Waals surface area contributed by atoms with Gasteiger partial charge >= 0.3 is 0 Å². The van der Waals surface area contributed by atoms with E-state index in [0.29, 0.717) is 6.54 Å². The van der Waals surface area contributed by atoms with Crippen molar-refractivity contribution < 1.29 is 5.11 Å². The number of aromatic nitrogens is 2. The Morgan fingerprint density at radius 3 is 2.62 bits per heavy atom. The zero-order valence-corrected chi connectivity index (χ0v) is 14.3. The molecule has 5 heteroatoms. The van der Waals surface area contributed by atoms with E-state index in [4.69, 9.17) is 0 Å². The fourth-order valence-corrected chi connectivity index (χ4v) is 3.21. The number of thiophene rings is 1. The molecule has 0 aliphatic carbocycles. The smallest absolute Gasteiger partial charge is 0.0922 e. The number of nitrogens with zero attached hydrogens (tertiary/aromatic N) is 2. The molecule has 0 spiro atoms. The summed E-state index contributed by atoms with van der Waals surface area (Å²) in [5.74, 6) is 0. The van der Waals surface area contributed by atoms with Gasteiger partial charge in [-0.25, -0.2) is 0 Å². The third-order valence-corrected chi connectivity index (χ3v) is 4.35. The van der Waals surface area contributed by atoms with Crippen molar-refractivity contribution in [2.45, 2.75) is 52.8 Å². The fraction of sp³-hybridized carbons (Fsp3) is 0.562. The summed E-state index contributed by atoms with van der Waals surface area (Å²) in [5, 5.41) is 22.0. The van der Waals surface area contributed by atoms with E-state index in [1.165, 1.54) is 11.3 Å². The van der Waals surface area contributed by atoms with Crippen molar-refractivity contribution in [1.29, 1.82) is 0 Å². The van der Waals surface area contributed by atoms with Gasteiger partial charge in [-0.2, -0.15) is 16.4 Å². The van der Waals surface area contributed by atoms with Gasteiger partial charge in [0.25, 0.3) is 0 Å². The van der Waals surface area contributed by atoms with Crippen LogP contribution < -0.4 is 5.32 Å². The first-order valence-electron chi connectivity index (χ1n) is 7.27. The number of aryl methyl sites for hydroxylation is 1. The predicted octanol–water partition coefficient (Wildman–Crippen LogP) is 3.14. The summed E-state index contributed by atoms with van der Waals surface area (Å²) in [6.07, 6.45) is -0.450. The maximum Gasteiger partial charge on any atom is 0.0922 e. The van der Waals surface area contributed by atoms with Crippen LogP contribution in [0.4, 0.5) is 0 Å². The van der Waals surface area contributed by atoms with Crippen molar-refractivity contribution in [3.05, 3.63) is 39.3 Å². The van der Waals surface area contributed by atoms with Crippen molar-refractivity contribution in [3.63, 3.8) is 0 Å². The molecule has 0 radical (unpaired) electrons. The van der Waals surface area contributed by atoms with Gasteiger partial charge in [0, 0.05) is 24.3 Å². The average Bonchev–Trinajstić information content (AvgIpc) is 3.00. The second kappa shape index (κ2) is 6.30. The van der Waals surface area contributed by atoms with E-state index < -0.39 is 6.10 Å². The summed E-state index contributed by atoms with van der Waals surface area (Å²) in [4.78, 5) is 0. The quantitative estimate of drug-likeness (QED) is 0.892. The zero-order chi connectivity index (χ0) is 15.6. The van der Waals surface area contributed by atoms with Crippen LogP contribution >= 0.6 is 11.3 Å². The monoisotopic (exact) mass is 307 g/mol. The van der Waals surface area contributed by atoms with Gasteiger partial charge in [-0.1, -0.05) is 0 Å². The van der Waals surface area contributed by atoms with E-state index in [1.54, 1.807) is 11.3 Å². The molecule has 2 aromatic rings. The number of aliphatic hydroxyl groups excluding tert-OH is 1. The first kappa shape index (κ1) is 16.2. The molecular weight excluding hydrogens is 282 g/mol. The molecule has 0 fully saturated rings. The summed E-state index contributed by atoms with van der Waals surface area (Å²) in [6, 6.07) is 1.96. The van der Waals surface area contributed by atoms with Crippen LogP contribution in [0, 0.1) is 13.8 Å². The van der Waals surface area contributed by atoms with E-state index >= 15 is 0 Å². The number of rotatable bonds is 5. The summed E-state index contributed by atoms with van der Waals surface area (Å²) in [6.45, 7) is 11.9. The van der Waals surface area contributed by atoms with Gasteiger partial charge in [-0.3, -0.25) is 4.68 Å². The number of aliphatic hydroxyl groups is 1. The highest BCUT2D eigenvalue weighted by Gasteiger charge is 2.20. The molecule has 0 saturated carbocycles. The minimum atomic E-state index is -0.450. The Morgan fingerprint density at radius 2 is 2.10 bits per heavy atom. The molecule has 0 amide bonds. The van der Waals surface area contributed by atoms with Gasteiger partial charge < -0.3 is 10.4 Å². The average molecular weight is 307 g/mol. The number of hydrogen-bond acceptors (Lipinski definition) is 4. The van der Waals surface area contributed by atoms with Crippen molar-refractivity contribution in [1.82, 2.24) is 15.1 Å². The second-order valence-corrected chi connectivity index (χ2v) is 7.22. The highest BCUT2D eigenvalue weighted by molar-refractivity contribution is 7.07. The Bertz CT molecular complexity index is 581. The van der Waals surface area contributed by atoms with Gasteiger partial charge in [-0.05, 0) is 57.0 Å². The molecule has 2 heterocycles. The maximum absolute atomic E-state index is 10.1. The van der Waals surface area contributed by atoms with E-state index in [0.717, 1.165) is 17.8 Å². The number of hydrogen-bond donors (Lipinski definition) is 2. The molecule has 116 valence electrons.